The summed E-state index contributed by atoms with van der Waals surface area (Å²) in [5.74, 6) is 3.44. The van der Waals surface area contributed by atoms with Gasteiger partial charge in [-0.2, -0.15) is 4.98 Å². The molecular formula is C20H18N4O5. The predicted molar refractivity (Wildman–Crippen MR) is 102 cm³/mol. The molecule has 0 bridgehead atoms. The van der Waals surface area contributed by atoms with Gasteiger partial charge in [0.05, 0.1) is 21.3 Å². The molecule has 0 aliphatic rings. The van der Waals surface area contributed by atoms with Crippen molar-refractivity contribution in [3.8, 4) is 40.1 Å². The van der Waals surface area contributed by atoms with Gasteiger partial charge in [0.1, 0.15) is 12.2 Å². The molecule has 0 N–H and O–H groups in total. The van der Waals surface area contributed by atoms with E-state index in [9.17, 15) is 0 Å². The monoisotopic (exact) mass is 394 g/mol. The van der Waals surface area contributed by atoms with Crippen molar-refractivity contribution in [2.24, 2.45) is 0 Å². The summed E-state index contributed by atoms with van der Waals surface area (Å²) >= 11 is 0. The number of nitrogens with zero attached hydrogens (tertiary/aromatic N) is 4. The lowest BCUT2D eigenvalue weighted by atomic mass is 10.2. The van der Waals surface area contributed by atoms with Crippen molar-refractivity contribution in [1.82, 2.24) is 20.3 Å². The van der Waals surface area contributed by atoms with E-state index in [1.165, 1.54) is 0 Å². The molecule has 4 aromatic rings. The predicted octanol–water partition coefficient (Wildman–Crippen LogP) is 3.40. The van der Waals surface area contributed by atoms with Gasteiger partial charge in [-0.25, -0.2) is 0 Å². The van der Waals surface area contributed by atoms with E-state index in [1.807, 2.05) is 30.3 Å². The lowest BCUT2D eigenvalue weighted by Gasteiger charge is -2.07. The molecule has 0 unspecified atom stereocenters. The molecule has 0 fully saturated rings. The molecule has 29 heavy (non-hydrogen) atoms. The van der Waals surface area contributed by atoms with Gasteiger partial charge < -0.3 is 23.2 Å². The van der Waals surface area contributed by atoms with E-state index in [-0.39, 0.29) is 6.42 Å². The molecule has 148 valence electrons. The molecule has 0 amide bonds. The Bertz CT molecular complexity index is 1120. The van der Waals surface area contributed by atoms with Crippen molar-refractivity contribution in [3.05, 3.63) is 54.2 Å². The SMILES string of the molecule is COc1cccc(-c2nnc(Cc3nc(-c4ccc(OC)c(OC)c4)no3)o2)c1. The quantitative estimate of drug-likeness (QED) is 0.466. The Kier molecular flexibility index (Phi) is 5.10. The first-order chi connectivity index (χ1) is 14.2. The average Bonchev–Trinajstić information content (AvgIpc) is 3.43. The first kappa shape index (κ1) is 18.5. The minimum absolute atomic E-state index is 0.220. The number of methoxy groups -OCH3 is 3. The van der Waals surface area contributed by atoms with Gasteiger partial charge in [0.15, 0.2) is 11.5 Å². The molecule has 0 radical (unpaired) electrons. The van der Waals surface area contributed by atoms with Crippen molar-refractivity contribution >= 4 is 0 Å². The minimum atomic E-state index is 0.220. The van der Waals surface area contributed by atoms with Crippen LogP contribution in [-0.4, -0.2) is 41.7 Å². The van der Waals surface area contributed by atoms with Gasteiger partial charge in [-0.3, -0.25) is 0 Å². The fourth-order valence-corrected chi connectivity index (χ4v) is 2.75. The van der Waals surface area contributed by atoms with Gasteiger partial charge in [-0.05, 0) is 36.4 Å². The maximum Gasteiger partial charge on any atom is 0.247 e. The molecule has 0 aliphatic carbocycles. The lowest BCUT2D eigenvalue weighted by molar-refractivity contribution is 0.355. The zero-order valence-electron chi connectivity index (χ0n) is 16.1. The Morgan fingerprint density at radius 3 is 2.48 bits per heavy atom. The Morgan fingerprint density at radius 1 is 0.828 bits per heavy atom. The third kappa shape index (κ3) is 3.88. The van der Waals surface area contributed by atoms with Crippen LogP contribution >= 0.6 is 0 Å². The summed E-state index contributed by atoms with van der Waals surface area (Å²) in [6, 6.07) is 12.8. The molecule has 0 saturated heterocycles. The van der Waals surface area contributed by atoms with Gasteiger partial charge in [0.25, 0.3) is 0 Å². The fourth-order valence-electron chi connectivity index (χ4n) is 2.75. The van der Waals surface area contributed by atoms with Gasteiger partial charge in [0.2, 0.25) is 23.5 Å². The highest BCUT2D eigenvalue weighted by Crippen LogP contribution is 2.31. The molecule has 9 heteroatoms. The highest BCUT2D eigenvalue weighted by atomic mass is 16.5. The zero-order chi connectivity index (χ0) is 20.2. The molecule has 0 saturated carbocycles. The van der Waals surface area contributed by atoms with E-state index in [0.29, 0.717) is 40.7 Å². The molecule has 2 heterocycles. The highest BCUT2D eigenvalue weighted by Gasteiger charge is 2.16. The second-order valence-electron chi connectivity index (χ2n) is 5.99. The molecular weight excluding hydrogens is 376 g/mol. The number of benzene rings is 2. The maximum atomic E-state index is 5.71. The molecule has 9 nitrogen and oxygen atoms in total. The summed E-state index contributed by atoms with van der Waals surface area (Å²) in [6.45, 7) is 0. The van der Waals surface area contributed by atoms with E-state index in [0.717, 1.165) is 11.1 Å². The van der Waals surface area contributed by atoms with Crippen LogP contribution in [0.2, 0.25) is 0 Å². The van der Waals surface area contributed by atoms with Crippen molar-refractivity contribution in [3.63, 3.8) is 0 Å². The summed E-state index contributed by atoms with van der Waals surface area (Å²) in [7, 11) is 4.75. The highest BCUT2D eigenvalue weighted by molar-refractivity contribution is 5.60. The first-order valence-electron chi connectivity index (χ1n) is 8.72. The molecule has 2 aromatic heterocycles. The average molecular weight is 394 g/mol. The minimum Gasteiger partial charge on any atom is -0.497 e. The molecule has 4 rings (SSSR count). The van der Waals surface area contributed by atoms with Crippen LogP contribution in [-0.2, 0) is 6.42 Å². The summed E-state index contributed by atoms with van der Waals surface area (Å²) in [4.78, 5) is 4.39. The van der Waals surface area contributed by atoms with Crippen LogP contribution in [0.4, 0.5) is 0 Å². The summed E-state index contributed by atoms with van der Waals surface area (Å²) in [5.41, 5.74) is 1.50. The maximum absolute atomic E-state index is 5.71. The smallest absolute Gasteiger partial charge is 0.247 e. The number of hydrogen-bond acceptors (Lipinski definition) is 9. The Hall–Kier alpha value is -3.88. The Balaban J connectivity index is 1.52. The fraction of sp³-hybridized carbons (Fsp3) is 0.200. The second kappa shape index (κ2) is 8.01. The van der Waals surface area contributed by atoms with Crippen molar-refractivity contribution in [2.45, 2.75) is 6.42 Å². The molecule has 0 aliphatic heterocycles. The van der Waals surface area contributed by atoms with E-state index >= 15 is 0 Å². The number of aromatic nitrogens is 4. The van der Waals surface area contributed by atoms with Gasteiger partial charge in [-0.15, -0.1) is 10.2 Å². The van der Waals surface area contributed by atoms with Crippen LogP contribution in [0, 0.1) is 0 Å². The van der Waals surface area contributed by atoms with E-state index in [2.05, 4.69) is 20.3 Å². The second-order valence-corrected chi connectivity index (χ2v) is 5.99. The van der Waals surface area contributed by atoms with Crippen molar-refractivity contribution in [1.29, 1.82) is 0 Å². The first-order valence-corrected chi connectivity index (χ1v) is 8.72. The number of hydrogen-bond donors (Lipinski definition) is 0. The van der Waals surface area contributed by atoms with Gasteiger partial charge >= 0.3 is 0 Å². The van der Waals surface area contributed by atoms with Gasteiger partial charge in [-0.1, -0.05) is 11.2 Å². The van der Waals surface area contributed by atoms with Crippen LogP contribution in [0.15, 0.2) is 51.4 Å². The Labute approximate surface area is 166 Å². The summed E-state index contributed by atoms with van der Waals surface area (Å²) < 4.78 is 26.8. The summed E-state index contributed by atoms with van der Waals surface area (Å²) in [6.07, 6.45) is 0.220. The number of ether oxygens (including phenoxy) is 3. The van der Waals surface area contributed by atoms with Crippen LogP contribution in [0.5, 0.6) is 17.2 Å². The Morgan fingerprint density at radius 2 is 1.69 bits per heavy atom. The third-order valence-electron chi connectivity index (χ3n) is 4.20. The van der Waals surface area contributed by atoms with E-state index in [1.54, 1.807) is 33.5 Å². The third-order valence-corrected chi connectivity index (χ3v) is 4.20. The van der Waals surface area contributed by atoms with E-state index in [4.69, 9.17) is 23.2 Å². The summed E-state index contributed by atoms with van der Waals surface area (Å²) in [5, 5.41) is 12.1. The lowest BCUT2D eigenvalue weighted by Crippen LogP contribution is -1.92. The molecule has 0 atom stereocenters. The van der Waals surface area contributed by atoms with Crippen LogP contribution in [0.3, 0.4) is 0 Å². The van der Waals surface area contributed by atoms with Crippen LogP contribution in [0.1, 0.15) is 11.8 Å². The molecule has 0 spiro atoms. The van der Waals surface area contributed by atoms with Crippen LogP contribution in [0.25, 0.3) is 22.8 Å². The topological polar surface area (TPSA) is 106 Å². The standard InChI is InChI=1S/C20H18N4O5/c1-25-14-6-4-5-13(9-14)20-23-22-18(28-20)11-17-21-19(24-29-17)12-7-8-15(26-2)16(10-12)27-3/h4-10H,11H2,1-3H3. The zero-order valence-corrected chi connectivity index (χ0v) is 16.1. The normalized spacial score (nSPS) is 10.7. The van der Waals surface area contributed by atoms with Crippen molar-refractivity contribution in [2.75, 3.05) is 21.3 Å². The van der Waals surface area contributed by atoms with Crippen molar-refractivity contribution < 1.29 is 23.2 Å². The number of rotatable bonds is 7. The van der Waals surface area contributed by atoms with Crippen LogP contribution < -0.4 is 14.2 Å². The largest absolute Gasteiger partial charge is 0.497 e. The van der Waals surface area contributed by atoms with E-state index < -0.39 is 0 Å². The molecule has 2 aromatic carbocycles. The van der Waals surface area contributed by atoms with Gasteiger partial charge in [0, 0.05) is 11.1 Å².